The number of aryl methyl sites for hydroxylation is 1. The Kier molecular flexibility index (Phi) is 1.45. The van der Waals surface area contributed by atoms with Gasteiger partial charge in [-0.1, -0.05) is 0 Å². The van der Waals surface area contributed by atoms with Gasteiger partial charge in [-0.25, -0.2) is 4.98 Å². The van der Waals surface area contributed by atoms with E-state index < -0.39 is 0 Å². The summed E-state index contributed by atoms with van der Waals surface area (Å²) in [5.74, 6) is 0.423. The van der Waals surface area contributed by atoms with Crippen molar-refractivity contribution >= 4 is 0 Å². The third-order valence-electron chi connectivity index (χ3n) is 2.51. The summed E-state index contributed by atoms with van der Waals surface area (Å²) in [7, 11) is 0. The van der Waals surface area contributed by atoms with Crippen molar-refractivity contribution in [2.75, 3.05) is 0 Å². The summed E-state index contributed by atoms with van der Waals surface area (Å²) < 4.78 is 14.8. The lowest BCUT2D eigenvalue weighted by Crippen LogP contribution is -2.13. The first-order valence-corrected chi connectivity index (χ1v) is 4.51. The van der Waals surface area contributed by atoms with Gasteiger partial charge in [0.05, 0.1) is 11.9 Å². The van der Waals surface area contributed by atoms with Crippen LogP contribution in [0, 0.1) is 5.95 Å². The zero-order valence-electron chi connectivity index (χ0n) is 7.44. The molecule has 3 heterocycles. The van der Waals surface area contributed by atoms with E-state index in [1.54, 1.807) is 10.8 Å². The quantitative estimate of drug-likeness (QED) is 0.630. The van der Waals surface area contributed by atoms with Crippen molar-refractivity contribution in [2.24, 2.45) is 0 Å². The van der Waals surface area contributed by atoms with Gasteiger partial charge in [-0.15, -0.1) is 0 Å². The number of imidazole rings is 1. The topological polar surface area (TPSA) is 30.7 Å². The van der Waals surface area contributed by atoms with Crippen LogP contribution in [0.3, 0.4) is 0 Å². The van der Waals surface area contributed by atoms with Crippen molar-refractivity contribution in [3.63, 3.8) is 0 Å². The zero-order chi connectivity index (χ0) is 9.54. The van der Waals surface area contributed by atoms with E-state index in [0.717, 1.165) is 17.7 Å². The third kappa shape index (κ3) is 0.907. The minimum Gasteiger partial charge on any atom is -0.301 e. The molecule has 0 amide bonds. The summed E-state index contributed by atoms with van der Waals surface area (Å²) in [4.78, 5) is 8.30. The average molecular weight is 189 g/mol. The maximum atomic E-state index is 13.2. The van der Waals surface area contributed by atoms with Gasteiger partial charge in [0.15, 0.2) is 0 Å². The number of halogens is 1. The first kappa shape index (κ1) is 7.67. The Morgan fingerprint density at radius 2 is 2.29 bits per heavy atom. The number of rotatable bonds is 0. The van der Waals surface area contributed by atoms with Gasteiger partial charge >= 0.3 is 0 Å². The number of nitrogens with zero attached hydrogens (tertiary/aromatic N) is 3. The van der Waals surface area contributed by atoms with Crippen LogP contribution >= 0.6 is 0 Å². The van der Waals surface area contributed by atoms with E-state index in [2.05, 4.69) is 9.97 Å². The lowest BCUT2D eigenvalue weighted by Gasteiger charge is -2.16. The fourth-order valence-corrected chi connectivity index (χ4v) is 1.84. The second kappa shape index (κ2) is 2.64. The normalized spacial score (nSPS) is 13.5. The van der Waals surface area contributed by atoms with Crippen LogP contribution in [-0.2, 0) is 13.0 Å². The maximum absolute atomic E-state index is 13.2. The molecule has 4 heteroatoms. The largest absolute Gasteiger partial charge is 0.301 e. The van der Waals surface area contributed by atoms with Crippen LogP contribution in [0.25, 0.3) is 11.4 Å². The predicted octanol–water partition coefficient (Wildman–Crippen LogP) is 1.64. The molecule has 3 nitrogen and oxygen atoms in total. The second-order valence-electron chi connectivity index (χ2n) is 3.30. The van der Waals surface area contributed by atoms with Crippen LogP contribution in [0.5, 0.6) is 0 Å². The summed E-state index contributed by atoms with van der Waals surface area (Å²) in [5.41, 5.74) is 1.95. The number of fused-ring (bicyclic) bond motifs is 3. The van der Waals surface area contributed by atoms with Crippen molar-refractivity contribution in [3.8, 4) is 11.4 Å². The van der Waals surface area contributed by atoms with Gasteiger partial charge in [-0.05, 0) is 12.1 Å². The van der Waals surface area contributed by atoms with E-state index in [-0.39, 0.29) is 5.95 Å². The molecule has 0 saturated carbocycles. The fraction of sp³-hybridized carbons (Fsp3) is 0.200. The number of aromatic nitrogens is 3. The first-order chi connectivity index (χ1) is 6.86. The molecule has 0 saturated heterocycles. The van der Waals surface area contributed by atoms with Crippen molar-refractivity contribution < 1.29 is 4.39 Å². The summed E-state index contributed by atoms with van der Waals surface area (Å²) in [5, 5.41) is 0. The molecule has 14 heavy (non-hydrogen) atoms. The molecule has 0 bridgehead atoms. The number of hydrogen-bond acceptors (Lipinski definition) is 2. The Morgan fingerprint density at radius 3 is 3.21 bits per heavy atom. The van der Waals surface area contributed by atoms with Crippen molar-refractivity contribution in [3.05, 3.63) is 36.2 Å². The Labute approximate surface area is 80.2 Å². The van der Waals surface area contributed by atoms with Gasteiger partial charge in [0, 0.05) is 24.7 Å². The SMILES string of the molecule is Fc1cnc2n1CCc1ncccc1-2. The summed E-state index contributed by atoms with van der Waals surface area (Å²) in [6.07, 6.45) is 3.79. The molecular formula is C10H8FN3. The molecule has 1 aliphatic rings. The van der Waals surface area contributed by atoms with Crippen LogP contribution in [0.2, 0.25) is 0 Å². The molecule has 2 aromatic heterocycles. The monoisotopic (exact) mass is 189 g/mol. The molecule has 3 rings (SSSR count). The number of hydrogen-bond donors (Lipinski definition) is 0. The Morgan fingerprint density at radius 1 is 1.36 bits per heavy atom. The van der Waals surface area contributed by atoms with Crippen LogP contribution < -0.4 is 0 Å². The van der Waals surface area contributed by atoms with Crippen LogP contribution in [0.1, 0.15) is 5.69 Å². The highest BCUT2D eigenvalue weighted by Gasteiger charge is 2.19. The average Bonchev–Trinajstić information content (AvgIpc) is 2.61. The van der Waals surface area contributed by atoms with Crippen LogP contribution in [0.15, 0.2) is 24.5 Å². The van der Waals surface area contributed by atoms with Gasteiger partial charge < -0.3 is 4.57 Å². The second-order valence-corrected chi connectivity index (χ2v) is 3.30. The molecule has 1 aliphatic heterocycles. The summed E-state index contributed by atoms with van der Waals surface area (Å²) in [6, 6.07) is 3.78. The molecule has 70 valence electrons. The Hall–Kier alpha value is -1.71. The third-order valence-corrected chi connectivity index (χ3v) is 2.51. The minimum absolute atomic E-state index is 0.269. The Bertz CT molecular complexity index is 490. The molecule has 0 aliphatic carbocycles. The molecule has 0 N–H and O–H groups in total. The van der Waals surface area contributed by atoms with E-state index in [0.29, 0.717) is 12.4 Å². The molecule has 0 radical (unpaired) electrons. The van der Waals surface area contributed by atoms with Crippen molar-refractivity contribution in [1.82, 2.24) is 14.5 Å². The molecular weight excluding hydrogens is 181 g/mol. The molecule has 0 unspecified atom stereocenters. The van der Waals surface area contributed by atoms with Crippen molar-refractivity contribution in [2.45, 2.75) is 13.0 Å². The number of pyridine rings is 1. The summed E-state index contributed by atoms with van der Waals surface area (Å²) >= 11 is 0. The van der Waals surface area contributed by atoms with Crippen LogP contribution in [-0.4, -0.2) is 14.5 Å². The molecule has 0 aromatic carbocycles. The lowest BCUT2D eigenvalue weighted by molar-refractivity contribution is 0.491. The van der Waals surface area contributed by atoms with Gasteiger partial charge in [-0.3, -0.25) is 4.98 Å². The summed E-state index contributed by atoms with van der Waals surface area (Å²) in [6.45, 7) is 0.630. The fourth-order valence-electron chi connectivity index (χ4n) is 1.84. The van der Waals surface area contributed by atoms with E-state index in [1.807, 2.05) is 12.1 Å². The highest BCUT2D eigenvalue weighted by atomic mass is 19.1. The van der Waals surface area contributed by atoms with E-state index in [9.17, 15) is 4.39 Å². The molecule has 2 aromatic rings. The van der Waals surface area contributed by atoms with Gasteiger partial charge in [0.25, 0.3) is 0 Å². The zero-order valence-corrected chi connectivity index (χ0v) is 7.44. The standard InChI is InChI=1S/C10H8FN3/c11-9-6-13-10-7-2-1-4-12-8(7)3-5-14(9)10/h1-2,4,6H,3,5H2. The molecule has 0 atom stereocenters. The lowest BCUT2D eigenvalue weighted by atomic mass is 10.1. The Balaban J connectivity index is 2.29. The first-order valence-electron chi connectivity index (χ1n) is 4.51. The minimum atomic E-state index is -0.269. The highest BCUT2D eigenvalue weighted by molar-refractivity contribution is 5.60. The molecule has 0 spiro atoms. The van der Waals surface area contributed by atoms with Crippen LogP contribution in [0.4, 0.5) is 4.39 Å². The van der Waals surface area contributed by atoms with Gasteiger partial charge in [-0.2, -0.15) is 4.39 Å². The maximum Gasteiger partial charge on any atom is 0.213 e. The highest BCUT2D eigenvalue weighted by Crippen LogP contribution is 2.26. The van der Waals surface area contributed by atoms with E-state index >= 15 is 0 Å². The van der Waals surface area contributed by atoms with E-state index in [4.69, 9.17) is 0 Å². The van der Waals surface area contributed by atoms with E-state index in [1.165, 1.54) is 6.20 Å². The predicted molar refractivity (Wildman–Crippen MR) is 49.1 cm³/mol. The van der Waals surface area contributed by atoms with Crippen molar-refractivity contribution in [1.29, 1.82) is 0 Å². The van der Waals surface area contributed by atoms with Gasteiger partial charge in [0.1, 0.15) is 5.82 Å². The molecule has 0 fully saturated rings. The van der Waals surface area contributed by atoms with Gasteiger partial charge in [0.2, 0.25) is 5.95 Å². The smallest absolute Gasteiger partial charge is 0.213 e.